The first-order chi connectivity index (χ1) is 13.1. The number of hydrogen-bond acceptors (Lipinski definition) is 3. The highest BCUT2D eigenvalue weighted by atomic mass is 15.2. The van der Waals surface area contributed by atoms with Gasteiger partial charge in [-0.05, 0) is 69.4 Å². The Morgan fingerprint density at radius 3 is 2.78 bits per heavy atom. The Morgan fingerprint density at radius 2 is 2.07 bits per heavy atom. The van der Waals surface area contributed by atoms with Gasteiger partial charge in [-0.3, -0.25) is 4.99 Å². The first-order valence-electron chi connectivity index (χ1n) is 10.6. The molecule has 0 saturated heterocycles. The maximum Gasteiger partial charge on any atom is 0.191 e. The topological polar surface area (TPSA) is 42.9 Å². The van der Waals surface area contributed by atoms with E-state index < -0.39 is 0 Å². The second-order valence-corrected chi connectivity index (χ2v) is 7.63. The van der Waals surface area contributed by atoms with Gasteiger partial charge in [0.05, 0.1) is 0 Å². The van der Waals surface area contributed by atoms with Crippen molar-refractivity contribution < 1.29 is 0 Å². The molecular weight excluding hydrogens is 334 g/mol. The predicted molar refractivity (Wildman–Crippen MR) is 118 cm³/mol. The van der Waals surface area contributed by atoms with Crippen molar-refractivity contribution in [1.29, 1.82) is 0 Å². The predicted octanol–water partition coefficient (Wildman–Crippen LogP) is 3.24. The highest BCUT2D eigenvalue weighted by molar-refractivity contribution is 5.79. The standard InChI is InChI=1S/C22H39N5/c1-6-27(7-2)15-8-10-18(3)25-22(23-4)24-17-19-12-13-21-20(16-19)11-9-14-26(21)5/h12-13,16,18H,6-11,14-15,17H2,1-5H3,(H2,23,24,25). The van der Waals surface area contributed by atoms with Gasteiger partial charge in [0, 0.05) is 38.9 Å². The first kappa shape index (κ1) is 21.5. The fraction of sp³-hybridized carbons (Fsp3) is 0.682. The molecule has 2 N–H and O–H groups in total. The van der Waals surface area contributed by atoms with E-state index >= 15 is 0 Å². The summed E-state index contributed by atoms with van der Waals surface area (Å²) >= 11 is 0. The number of hydrogen-bond donors (Lipinski definition) is 2. The molecule has 0 bridgehead atoms. The third-order valence-corrected chi connectivity index (χ3v) is 5.57. The van der Waals surface area contributed by atoms with Gasteiger partial charge >= 0.3 is 0 Å². The van der Waals surface area contributed by atoms with Crippen LogP contribution in [0.5, 0.6) is 0 Å². The maximum atomic E-state index is 4.39. The Kier molecular flexibility index (Phi) is 8.92. The van der Waals surface area contributed by atoms with E-state index in [2.05, 4.69) is 71.4 Å². The molecule has 0 fully saturated rings. The summed E-state index contributed by atoms with van der Waals surface area (Å²) in [6.45, 7) is 12.1. The molecule has 5 nitrogen and oxygen atoms in total. The molecule has 1 unspecified atom stereocenters. The normalized spacial score (nSPS) is 15.6. The second-order valence-electron chi connectivity index (χ2n) is 7.63. The zero-order valence-electron chi connectivity index (χ0n) is 18.0. The Morgan fingerprint density at radius 1 is 1.30 bits per heavy atom. The van der Waals surface area contributed by atoms with E-state index in [-0.39, 0.29) is 0 Å². The van der Waals surface area contributed by atoms with E-state index in [1.165, 1.54) is 42.6 Å². The van der Waals surface area contributed by atoms with E-state index in [1.54, 1.807) is 0 Å². The second kappa shape index (κ2) is 11.2. The number of aliphatic imine (C=N–C) groups is 1. The summed E-state index contributed by atoms with van der Waals surface area (Å²) in [5.74, 6) is 0.889. The van der Waals surface area contributed by atoms with Gasteiger partial charge in [0.15, 0.2) is 5.96 Å². The summed E-state index contributed by atoms with van der Waals surface area (Å²) in [6.07, 6.45) is 4.80. The smallest absolute Gasteiger partial charge is 0.191 e. The van der Waals surface area contributed by atoms with Gasteiger partial charge in [0.2, 0.25) is 0 Å². The van der Waals surface area contributed by atoms with Crippen molar-refractivity contribution >= 4 is 11.6 Å². The SMILES string of the molecule is CCN(CC)CCCC(C)NC(=NC)NCc1ccc2c(c1)CCCN2C. The van der Waals surface area contributed by atoms with Crippen molar-refractivity contribution in [1.82, 2.24) is 15.5 Å². The van der Waals surface area contributed by atoms with Crippen molar-refractivity contribution in [2.75, 3.05) is 45.2 Å². The molecule has 1 atom stereocenters. The van der Waals surface area contributed by atoms with Gasteiger partial charge in [-0.1, -0.05) is 26.0 Å². The van der Waals surface area contributed by atoms with Gasteiger partial charge in [-0.15, -0.1) is 0 Å². The molecule has 27 heavy (non-hydrogen) atoms. The molecule has 0 radical (unpaired) electrons. The molecule has 1 aromatic rings. The lowest BCUT2D eigenvalue weighted by Crippen LogP contribution is -2.42. The Balaban J connectivity index is 1.78. The summed E-state index contributed by atoms with van der Waals surface area (Å²) in [5, 5.41) is 7.00. The third-order valence-electron chi connectivity index (χ3n) is 5.57. The van der Waals surface area contributed by atoms with Crippen LogP contribution in [0.15, 0.2) is 23.2 Å². The molecule has 2 rings (SSSR count). The Hall–Kier alpha value is -1.75. The molecular formula is C22H39N5. The maximum absolute atomic E-state index is 4.39. The summed E-state index contributed by atoms with van der Waals surface area (Å²) in [5.41, 5.74) is 4.17. The monoisotopic (exact) mass is 373 g/mol. The van der Waals surface area contributed by atoms with Crippen LogP contribution < -0.4 is 15.5 Å². The molecule has 0 amide bonds. The van der Waals surface area contributed by atoms with Crippen molar-refractivity contribution in [3.63, 3.8) is 0 Å². The molecule has 0 aliphatic carbocycles. The lowest BCUT2D eigenvalue weighted by atomic mass is 9.99. The minimum Gasteiger partial charge on any atom is -0.374 e. The molecule has 1 aromatic carbocycles. The van der Waals surface area contributed by atoms with E-state index in [1.807, 2.05) is 7.05 Å². The lowest BCUT2D eigenvalue weighted by Gasteiger charge is -2.28. The number of guanidine groups is 1. The van der Waals surface area contributed by atoms with E-state index in [9.17, 15) is 0 Å². The number of nitrogens with zero attached hydrogens (tertiary/aromatic N) is 3. The van der Waals surface area contributed by atoms with Crippen molar-refractivity contribution in [2.45, 2.75) is 59.0 Å². The van der Waals surface area contributed by atoms with Gasteiger partial charge in [0.1, 0.15) is 0 Å². The lowest BCUT2D eigenvalue weighted by molar-refractivity contribution is 0.292. The number of fused-ring (bicyclic) bond motifs is 1. The van der Waals surface area contributed by atoms with Gasteiger partial charge < -0.3 is 20.4 Å². The highest BCUT2D eigenvalue weighted by Crippen LogP contribution is 2.26. The van der Waals surface area contributed by atoms with E-state index in [4.69, 9.17) is 0 Å². The van der Waals surface area contributed by atoms with Crippen molar-refractivity contribution in [2.24, 2.45) is 4.99 Å². The number of rotatable bonds is 9. The molecule has 0 saturated carbocycles. The Labute approximate surface area is 166 Å². The number of aryl methyl sites for hydroxylation is 1. The zero-order valence-corrected chi connectivity index (χ0v) is 18.0. The third kappa shape index (κ3) is 6.73. The average Bonchev–Trinajstić information content (AvgIpc) is 2.68. The van der Waals surface area contributed by atoms with Crippen molar-refractivity contribution in [3.8, 4) is 0 Å². The van der Waals surface area contributed by atoms with E-state index in [0.717, 1.165) is 38.6 Å². The summed E-state index contributed by atoms with van der Waals surface area (Å²) in [6, 6.07) is 7.26. The summed E-state index contributed by atoms with van der Waals surface area (Å²) in [4.78, 5) is 9.23. The number of anilines is 1. The summed E-state index contributed by atoms with van der Waals surface area (Å²) in [7, 11) is 4.03. The number of nitrogens with one attached hydrogen (secondary N) is 2. The fourth-order valence-electron chi connectivity index (χ4n) is 3.80. The van der Waals surface area contributed by atoms with Gasteiger partial charge in [-0.2, -0.15) is 0 Å². The first-order valence-corrected chi connectivity index (χ1v) is 10.6. The van der Waals surface area contributed by atoms with Crippen LogP contribution in [0.1, 0.15) is 51.2 Å². The van der Waals surface area contributed by atoms with Crippen LogP contribution in [0.2, 0.25) is 0 Å². The van der Waals surface area contributed by atoms with Crippen LogP contribution in [0.25, 0.3) is 0 Å². The van der Waals surface area contributed by atoms with Crippen LogP contribution >= 0.6 is 0 Å². The summed E-state index contributed by atoms with van der Waals surface area (Å²) < 4.78 is 0. The zero-order chi connectivity index (χ0) is 19.6. The minimum atomic E-state index is 0.420. The molecule has 1 heterocycles. The van der Waals surface area contributed by atoms with Crippen molar-refractivity contribution in [3.05, 3.63) is 29.3 Å². The van der Waals surface area contributed by atoms with Crippen LogP contribution in [0.3, 0.4) is 0 Å². The minimum absolute atomic E-state index is 0.420. The molecule has 0 spiro atoms. The van der Waals surface area contributed by atoms with E-state index in [0.29, 0.717) is 6.04 Å². The van der Waals surface area contributed by atoms with Crippen LogP contribution in [-0.4, -0.2) is 57.2 Å². The molecule has 5 heteroatoms. The largest absolute Gasteiger partial charge is 0.374 e. The van der Waals surface area contributed by atoms with Crippen LogP contribution in [-0.2, 0) is 13.0 Å². The highest BCUT2D eigenvalue weighted by Gasteiger charge is 2.14. The molecule has 152 valence electrons. The molecule has 0 aromatic heterocycles. The van der Waals surface area contributed by atoms with Gasteiger partial charge in [-0.25, -0.2) is 0 Å². The van der Waals surface area contributed by atoms with Crippen LogP contribution in [0, 0.1) is 0 Å². The Bertz CT molecular complexity index is 594. The van der Waals surface area contributed by atoms with Gasteiger partial charge in [0.25, 0.3) is 0 Å². The number of benzene rings is 1. The quantitative estimate of drug-likeness (QED) is 0.515. The average molecular weight is 374 g/mol. The molecule has 1 aliphatic heterocycles. The van der Waals surface area contributed by atoms with Crippen LogP contribution in [0.4, 0.5) is 5.69 Å². The molecule has 1 aliphatic rings. The fourth-order valence-corrected chi connectivity index (χ4v) is 3.80.